The summed E-state index contributed by atoms with van der Waals surface area (Å²) in [6.45, 7) is 5.79. The Morgan fingerprint density at radius 1 is 1.46 bits per heavy atom. The number of hydrogen-bond acceptors (Lipinski definition) is 1. The van der Waals surface area contributed by atoms with Gasteiger partial charge in [0.2, 0.25) is 0 Å². The summed E-state index contributed by atoms with van der Waals surface area (Å²) in [6, 6.07) is 8.12. The molecule has 0 saturated carbocycles. The van der Waals surface area contributed by atoms with Gasteiger partial charge in [0.15, 0.2) is 0 Å². The molecule has 0 fully saturated rings. The quantitative estimate of drug-likeness (QED) is 0.546. The topological polar surface area (TPSA) is 0 Å². The first-order valence-electron chi connectivity index (χ1n) is 4.29. The first-order valence-corrected chi connectivity index (χ1v) is 4.74. The molecule has 0 aliphatic carbocycles. The highest BCUT2D eigenvalue weighted by atomic mass is 32.1. The molecule has 68 valence electrons. The second-order valence-corrected chi connectivity index (χ2v) is 3.56. The van der Waals surface area contributed by atoms with E-state index in [1.165, 1.54) is 5.56 Å². The maximum atomic E-state index is 4.37. The second-order valence-electron chi connectivity index (χ2n) is 3.08. The Bertz CT molecular complexity index is 324. The predicted octanol–water partition coefficient (Wildman–Crippen LogP) is 3.65. The van der Waals surface area contributed by atoms with E-state index in [0.29, 0.717) is 0 Å². The standard InChI is InChI=1S/C12H14S/c1-10(2)6-5-8-11-7-3-4-9-12(11)13/h3-7,9,13H,1,8H2,2H3/b6-5-. The number of thiol groups is 1. The molecule has 0 radical (unpaired) electrons. The lowest BCUT2D eigenvalue weighted by Gasteiger charge is -1.99. The Hall–Kier alpha value is -0.950. The Labute approximate surface area is 85.4 Å². The van der Waals surface area contributed by atoms with Gasteiger partial charge in [0.25, 0.3) is 0 Å². The molecule has 0 heterocycles. The lowest BCUT2D eigenvalue weighted by atomic mass is 10.1. The molecule has 0 nitrogen and oxygen atoms in total. The third-order valence-electron chi connectivity index (χ3n) is 1.73. The van der Waals surface area contributed by atoms with Gasteiger partial charge < -0.3 is 0 Å². The first kappa shape index (κ1) is 10.1. The van der Waals surface area contributed by atoms with E-state index in [9.17, 15) is 0 Å². The molecule has 0 atom stereocenters. The van der Waals surface area contributed by atoms with Crippen molar-refractivity contribution in [3.05, 3.63) is 54.1 Å². The van der Waals surface area contributed by atoms with E-state index >= 15 is 0 Å². The van der Waals surface area contributed by atoms with Gasteiger partial charge in [-0.25, -0.2) is 0 Å². The van der Waals surface area contributed by atoms with E-state index in [4.69, 9.17) is 0 Å². The molecule has 0 bridgehead atoms. The molecule has 1 aromatic rings. The lowest BCUT2D eigenvalue weighted by molar-refractivity contribution is 1.18. The SMILES string of the molecule is C=C(C)/C=C\Cc1ccccc1S. The van der Waals surface area contributed by atoms with Crippen molar-refractivity contribution in [2.45, 2.75) is 18.2 Å². The molecule has 0 spiro atoms. The minimum Gasteiger partial charge on any atom is -0.143 e. The maximum Gasteiger partial charge on any atom is 0.00751 e. The summed E-state index contributed by atoms with van der Waals surface area (Å²) in [4.78, 5) is 1.05. The maximum absolute atomic E-state index is 4.37. The molecule has 0 N–H and O–H groups in total. The molecule has 0 unspecified atom stereocenters. The summed E-state index contributed by atoms with van der Waals surface area (Å²) in [7, 11) is 0. The molecule has 0 aliphatic heterocycles. The van der Waals surface area contributed by atoms with Crippen LogP contribution in [-0.2, 0) is 6.42 Å². The Morgan fingerprint density at radius 3 is 2.77 bits per heavy atom. The fourth-order valence-corrected chi connectivity index (χ4v) is 1.32. The summed E-state index contributed by atoms with van der Waals surface area (Å²) in [5, 5.41) is 0. The van der Waals surface area contributed by atoms with Gasteiger partial charge in [0, 0.05) is 4.90 Å². The van der Waals surface area contributed by atoms with Crippen LogP contribution in [0.4, 0.5) is 0 Å². The zero-order valence-electron chi connectivity index (χ0n) is 7.83. The van der Waals surface area contributed by atoms with Crippen LogP contribution in [0.15, 0.2) is 53.5 Å². The Balaban J connectivity index is 2.64. The van der Waals surface area contributed by atoms with Crippen molar-refractivity contribution < 1.29 is 0 Å². The third kappa shape index (κ3) is 3.51. The number of rotatable bonds is 3. The molecule has 1 aromatic carbocycles. The molecule has 13 heavy (non-hydrogen) atoms. The van der Waals surface area contributed by atoms with Gasteiger partial charge in [-0.15, -0.1) is 12.6 Å². The van der Waals surface area contributed by atoms with Gasteiger partial charge in [0.1, 0.15) is 0 Å². The average Bonchev–Trinajstić information content (AvgIpc) is 2.08. The van der Waals surface area contributed by atoms with Crippen LogP contribution in [0.1, 0.15) is 12.5 Å². The fourth-order valence-electron chi connectivity index (χ4n) is 1.07. The van der Waals surface area contributed by atoms with E-state index in [-0.39, 0.29) is 0 Å². The van der Waals surface area contributed by atoms with Gasteiger partial charge in [-0.3, -0.25) is 0 Å². The van der Waals surface area contributed by atoms with Gasteiger partial charge in [-0.2, -0.15) is 0 Å². The van der Waals surface area contributed by atoms with E-state index in [2.05, 4.69) is 31.4 Å². The molecule has 0 saturated heterocycles. The van der Waals surface area contributed by atoms with Crippen LogP contribution in [0, 0.1) is 0 Å². The highest BCUT2D eigenvalue weighted by Gasteiger charge is 1.93. The molecule has 1 rings (SSSR count). The molecule has 0 amide bonds. The Kier molecular flexibility index (Phi) is 3.84. The zero-order valence-corrected chi connectivity index (χ0v) is 8.72. The Morgan fingerprint density at radius 2 is 2.15 bits per heavy atom. The minimum atomic E-state index is 0.923. The minimum absolute atomic E-state index is 0.923. The highest BCUT2D eigenvalue weighted by Crippen LogP contribution is 2.13. The predicted molar refractivity (Wildman–Crippen MR) is 61.4 cm³/mol. The molecule has 0 aromatic heterocycles. The van der Waals surface area contributed by atoms with Crippen LogP contribution in [-0.4, -0.2) is 0 Å². The third-order valence-corrected chi connectivity index (χ3v) is 2.17. The fraction of sp³-hybridized carbons (Fsp3) is 0.167. The van der Waals surface area contributed by atoms with Crippen LogP contribution >= 0.6 is 12.6 Å². The lowest BCUT2D eigenvalue weighted by Crippen LogP contribution is -1.82. The number of hydrogen-bond donors (Lipinski definition) is 1. The van der Waals surface area contributed by atoms with Gasteiger partial charge in [-0.1, -0.05) is 42.5 Å². The summed E-state index contributed by atoms with van der Waals surface area (Å²) in [5.41, 5.74) is 2.33. The van der Waals surface area contributed by atoms with Gasteiger partial charge in [-0.05, 0) is 25.0 Å². The van der Waals surface area contributed by atoms with E-state index in [0.717, 1.165) is 16.9 Å². The molecule has 0 aliphatic rings. The monoisotopic (exact) mass is 190 g/mol. The summed E-state index contributed by atoms with van der Waals surface area (Å²) in [6.07, 6.45) is 5.06. The first-order chi connectivity index (χ1) is 6.20. The van der Waals surface area contributed by atoms with Crippen LogP contribution < -0.4 is 0 Å². The van der Waals surface area contributed by atoms with Crippen LogP contribution in [0.25, 0.3) is 0 Å². The van der Waals surface area contributed by atoms with E-state index < -0.39 is 0 Å². The summed E-state index contributed by atoms with van der Waals surface area (Å²) >= 11 is 4.37. The molecule has 1 heteroatoms. The van der Waals surface area contributed by atoms with Gasteiger partial charge >= 0.3 is 0 Å². The van der Waals surface area contributed by atoms with E-state index in [1.807, 2.05) is 31.2 Å². The van der Waals surface area contributed by atoms with Crippen molar-refractivity contribution in [3.8, 4) is 0 Å². The molecular formula is C12H14S. The van der Waals surface area contributed by atoms with Crippen molar-refractivity contribution in [1.29, 1.82) is 0 Å². The van der Waals surface area contributed by atoms with Crippen LogP contribution in [0.5, 0.6) is 0 Å². The largest absolute Gasteiger partial charge is 0.143 e. The summed E-state index contributed by atoms with van der Waals surface area (Å²) < 4.78 is 0. The van der Waals surface area contributed by atoms with Crippen molar-refractivity contribution in [2.75, 3.05) is 0 Å². The molecular weight excluding hydrogens is 176 g/mol. The van der Waals surface area contributed by atoms with Crippen molar-refractivity contribution in [2.24, 2.45) is 0 Å². The number of allylic oxidation sites excluding steroid dienone is 3. The van der Waals surface area contributed by atoms with Crippen molar-refractivity contribution in [3.63, 3.8) is 0 Å². The van der Waals surface area contributed by atoms with E-state index in [1.54, 1.807) is 0 Å². The van der Waals surface area contributed by atoms with Crippen molar-refractivity contribution in [1.82, 2.24) is 0 Å². The van der Waals surface area contributed by atoms with Crippen LogP contribution in [0.2, 0.25) is 0 Å². The van der Waals surface area contributed by atoms with Crippen LogP contribution in [0.3, 0.4) is 0 Å². The summed E-state index contributed by atoms with van der Waals surface area (Å²) in [5.74, 6) is 0. The number of benzene rings is 1. The zero-order chi connectivity index (χ0) is 9.68. The second kappa shape index (κ2) is 4.93. The normalized spacial score (nSPS) is 10.6. The smallest absolute Gasteiger partial charge is 0.00751 e. The highest BCUT2D eigenvalue weighted by molar-refractivity contribution is 7.80. The van der Waals surface area contributed by atoms with Gasteiger partial charge in [0.05, 0.1) is 0 Å². The average molecular weight is 190 g/mol. The van der Waals surface area contributed by atoms with Crippen molar-refractivity contribution >= 4 is 12.6 Å².